The molecule has 20 aromatic rings. The van der Waals surface area contributed by atoms with Crippen LogP contribution in [-0.4, -0.2) is 235 Å². The Morgan fingerprint density at radius 1 is 0.297 bits per heavy atom. The largest absolute Gasteiger partial charge is 0.383 e. The van der Waals surface area contributed by atoms with Gasteiger partial charge < -0.3 is 29.1 Å². The van der Waals surface area contributed by atoms with Crippen LogP contribution in [0.2, 0.25) is 5.02 Å². The Kier molecular flexibility index (Phi) is 29.9. The van der Waals surface area contributed by atoms with Gasteiger partial charge in [-0.15, -0.1) is 0 Å². The maximum atomic E-state index is 14.7. The summed E-state index contributed by atoms with van der Waals surface area (Å²) in [6, 6.07) is 51.3. The molecule has 4 aliphatic rings. The van der Waals surface area contributed by atoms with E-state index in [1.165, 1.54) is 18.2 Å². The van der Waals surface area contributed by atoms with Gasteiger partial charge in [0.05, 0.1) is 114 Å². The van der Waals surface area contributed by atoms with Gasteiger partial charge in [0.1, 0.15) is 23.3 Å². The van der Waals surface area contributed by atoms with Crippen molar-refractivity contribution in [2.24, 2.45) is 0 Å². The molecule has 4 fully saturated rings. The molecule has 0 amide bonds. The van der Waals surface area contributed by atoms with Gasteiger partial charge in [-0.3, -0.25) is 43.6 Å². The highest BCUT2D eigenvalue weighted by molar-refractivity contribution is 6.30. The number of piperidine rings is 4. The molecule has 21 heterocycles. The fraction of sp³-hybridized carbons (Fsp3) is 0.252. The highest BCUT2D eigenvalue weighted by Crippen LogP contribution is 2.42. The summed E-state index contributed by atoms with van der Waals surface area (Å²) in [5, 5.41) is 22.6. The zero-order valence-electron chi connectivity index (χ0n) is 82.5. The Morgan fingerprint density at radius 2 is 0.669 bits per heavy atom. The number of pyridine rings is 12. The first-order valence-corrected chi connectivity index (χ1v) is 50.1. The molecular weight excluding hydrogens is 1890 g/mol. The zero-order valence-corrected chi connectivity index (χ0v) is 83.3. The molecule has 0 spiro atoms. The lowest BCUT2D eigenvalue weighted by Gasteiger charge is -2.31. The van der Waals surface area contributed by atoms with Crippen LogP contribution in [0.5, 0.6) is 0 Å². The molecule has 0 N–H and O–H groups in total. The van der Waals surface area contributed by atoms with Crippen molar-refractivity contribution in [3.05, 3.63) is 328 Å². The Bertz CT molecular complexity index is 8110. The molecule has 0 atom stereocenters. The Balaban J connectivity index is 0.000000116. The average molecular weight is 2000 g/mol. The number of rotatable bonds is 22. The smallest absolute Gasteiger partial charge is 0.160 e. The van der Waals surface area contributed by atoms with Crippen LogP contribution in [0.3, 0.4) is 0 Å². The third kappa shape index (κ3) is 22.4. The molecule has 0 bridgehead atoms. The van der Waals surface area contributed by atoms with Crippen LogP contribution in [0.4, 0.5) is 17.6 Å². The number of hydrogen-bond acceptors (Lipinski definition) is 24. The van der Waals surface area contributed by atoms with Crippen molar-refractivity contribution in [2.45, 2.75) is 82.5 Å². The Hall–Kier alpha value is -15.8. The summed E-state index contributed by atoms with van der Waals surface area (Å²) < 4.78 is 76.7. The summed E-state index contributed by atoms with van der Waals surface area (Å²) >= 11 is 6.15. The van der Waals surface area contributed by atoms with E-state index in [0.717, 1.165) is 270 Å². The molecule has 24 rings (SSSR count). The molecule has 33 heteroatoms. The first-order chi connectivity index (χ1) is 72.5. The molecule has 4 aliphatic heterocycles. The van der Waals surface area contributed by atoms with Gasteiger partial charge in [0.15, 0.2) is 22.6 Å². The predicted octanol–water partition coefficient (Wildman–Crippen LogP) is 22.3. The van der Waals surface area contributed by atoms with Crippen molar-refractivity contribution >= 4 is 55.7 Å². The first-order valence-electron chi connectivity index (χ1n) is 49.8. The molecule has 3 aromatic carbocycles. The van der Waals surface area contributed by atoms with E-state index in [2.05, 4.69) is 161 Å². The van der Waals surface area contributed by atoms with E-state index in [9.17, 15) is 17.6 Å². The van der Waals surface area contributed by atoms with E-state index < -0.39 is 17.5 Å². The second kappa shape index (κ2) is 45.0. The topological polar surface area (TPSA) is 283 Å². The maximum absolute atomic E-state index is 14.7. The molecule has 17 aromatic heterocycles. The van der Waals surface area contributed by atoms with Gasteiger partial charge in [-0.25, -0.2) is 62.4 Å². The van der Waals surface area contributed by atoms with Gasteiger partial charge >= 0.3 is 0 Å². The lowest BCUT2D eigenvalue weighted by Crippen LogP contribution is -2.36. The molecule has 0 radical (unpaired) electrons. The minimum atomic E-state index is -0.547. The van der Waals surface area contributed by atoms with E-state index in [1.54, 1.807) is 81.9 Å². The number of fused-ring (bicyclic) bond motifs is 4. The third-order valence-electron chi connectivity index (χ3n) is 28.0. The average Bonchev–Trinajstić information content (AvgIpc) is 0.867. The first kappa shape index (κ1) is 98.2. The van der Waals surface area contributed by atoms with Gasteiger partial charge in [-0.2, -0.15) is 20.4 Å². The van der Waals surface area contributed by atoms with Crippen molar-refractivity contribution in [3.63, 3.8) is 0 Å². The van der Waals surface area contributed by atoms with Gasteiger partial charge in [-0.1, -0.05) is 29.8 Å². The Morgan fingerprint density at radius 3 is 1.12 bits per heavy atom. The van der Waals surface area contributed by atoms with E-state index in [-0.39, 0.29) is 11.4 Å². The highest BCUT2D eigenvalue weighted by atomic mass is 35.5. The quantitative estimate of drug-likeness (QED) is 0.0570. The lowest BCUT2D eigenvalue weighted by molar-refractivity contribution is 0.119. The lowest BCUT2D eigenvalue weighted by atomic mass is 9.99. The molecule has 4 saturated heterocycles. The zero-order chi connectivity index (χ0) is 101. The van der Waals surface area contributed by atoms with Crippen LogP contribution >= 0.6 is 11.6 Å². The molecule has 148 heavy (non-hydrogen) atoms. The molecule has 0 saturated carbocycles. The van der Waals surface area contributed by atoms with Gasteiger partial charge in [0, 0.05) is 250 Å². The fourth-order valence-corrected chi connectivity index (χ4v) is 20.0. The Labute approximate surface area is 857 Å². The number of hydrogen-bond donors (Lipinski definition) is 0. The van der Waals surface area contributed by atoms with Crippen LogP contribution in [0, 0.1) is 30.2 Å². The third-order valence-corrected chi connectivity index (χ3v) is 28.3. The van der Waals surface area contributed by atoms with Crippen LogP contribution < -0.4 is 0 Å². The summed E-state index contributed by atoms with van der Waals surface area (Å²) in [7, 11) is 7.81. The fourth-order valence-electron chi connectivity index (χ4n) is 19.8. The molecule has 28 nitrogen and oxygen atoms in total. The summed E-state index contributed by atoms with van der Waals surface area (Å²) in [5.41, 5.74) is 21.5. The number of aromatic nitrogens is 22. The summed E-state index contributed by atoms with van der Waals surface area (Å²) in [5.74, 6) is -1.80. The highest BCUT2D eigenvalue weighted by Gasteiger charge is 2.29. The molecule has 0 unspecified atom stereocenters. The van der Waals surface area contributed by atoms with Gasteiger partial charge in [0.25, 0.3) is 0 Å². The van der Waals surface area contributed by atoms with Crippen molar-refractivity contribution < 1.29 is 27.0 Å². The maximum Gasteiger partial charge on any atom is 0.160 e. The van der Waals surface area contributed by atoms with Crippen LogP contribution in [-0.2, 0) is 9.47 Å². The van der Waals surface area contributed by atoms with Crippen molar-refractivity contribution in [1.82, 2.24) is 128 Å². The second-order valence-electron chi connectivity index (χ2n) is 37.8. The van der Waals surface area contributed by atoms with E-state index in [4.69, 9.17) is 41.2 Å². The van der Waals surface area contributed by atoms with Crippen LogP contribution in [0.25, 0.3) is 179 Å². The van der Waals surface area contributed by atoms with Crippen molar-refractivity contribution in [2.75, 3.05) is 107 Å². The SMILES string of the molecule is CN1CCC(n2cc(-c3cncc(-c4cc(-c5cc(Cl)ccc5F)nc5ncccc45)n3)cn2)CC1.COCCN1CCC(n2cc(-c3cncc(-c4cc(-c5cc(F)ccc5F)nc5ncccc45)c3)cn2)CC1.COCCN1CCC(n2cc(-c3cncc(-c4cc(-c5ccccc5F)nc5ncccc45)c3)cn2)CC1.Cc1cccc(-c2cc(-c3cncc(-c4cnn(C5CCN(C)CC5)c4)c3)c3cccnc3n2)n1. The van der Waals surface area contributed by atoms with Crippen molar-refractivity contribution in [1.29, 1.82) is 0 Å². The van der Waals surface area contributed by atoms with Crippen molar-refractivity contribution in [3.8, 4) is 134 Å². The summed E-state index contributed by atoms with van der Waals surface area (Å²) in [6.07, 6.45) is 45.9. The van der Waals surface area contributed by atoms with E-state index in [1.807, 2.05) is 159 Å². The van der Waals surface area contributed by atoms with Gasteiger partial charge in [0.2, 0.25) is 0 Å². The van der Waals surface area contributed by atoms with Crippen LogP contribution in [0.15, 0.2) is 294 Å². The minimum absolute atomic E-state index is 0.0856. The number of likely N-dealkylation sites (tertiary alicyclic amines) is 4. The molecular formula is C115H107ClF4N26O2. The number of halogens is 5. The molecule has 744 valence electrons. The van der Waals surface area contributed by atoms with Crippen LogP contribution in [0.1, 0.15) is 81.2 Å². The summed E-state index contributed by atoms with van der Waals surface area (Å²) in [4.78, 5) is 73.7. The number of ether oxygens (including phenoxy) is 2. The monoisotopic (exact) mass is 1990 g/mol. The number of aryl methyl sites for hydroxylation is 1. The standard InChI is InChI=1S/C30H28F2N6O.C30H29FN6O.C28H27N7.C27H23ClFN7/c1-39-12-11-37-9-6-24(7-10-37)38-19-22(18-35-38)20-13-21(17-33-16-20)26-15-29(27-14-23(31)4-5-28(27)32)36-30-25(26)3-2-8-34-30;1-38-14-13-36-11-8-24(9-12-36)37-20-23(19-34-37)21-15-22(18-32-17-21)27-16-29(26-5-2-3-7-28(26)31)35-30-25(27)6-4-10-33-30;1-19-5-3-7-26(32-19)27-14-25(24-6-4-10-30-28(24)33-27)21-13-20(15-29-16-21)22-17-31-35(18-22)23-8-11-34(2)12-9-23;1-35-9-6-19(7-10-35)36-16-17(13-32-36)25-14-30-15-26(33-25)21-12-24(22-11-18(28)4-5-23(22)29)34-27-20(21)3-2-8-31-27/h2-5,8,13-19,24H,6-7,9-12H2,1H3;2-7,10,15-20,24H,8-9,11-14H2,1H3;3-7,10,13-18,23H,8-9,11-12H2,1-2H3;2-5,8,11-16,19H,6-7,9-10H2,1H3. The normalized spacial score (nSPS) is 14.9. The number of methoxy groups -OCH3 is 2. The molecule has 0 aliphatic carbocycles. The summed E-state index contributed by atoms with van der Waals surface area (Å²) in [6.45, 7) is 13.9. The van der Waals surface area contributed by atoms with E-state index in [0.29, 0.717) is 85.7 Å². The predicted molar refractivity (Wildman–Crippen MR) is 568 cm³/mol. The number of benzene rings is 3. The van der Waals surface area contributed by atoms with E-state index >= 15 is 0 Å². The number of nitrogens with zero attached hydrogens (tertiary/aromatic N) is 26. The van der Waals surface area contributed by atoms with Gasteiger partial charge in [-0.05, 0) is 267 Å². The minimum Gasteiger partial charge on any atom is -0.383 e. The second-order valence-corrected chi connectivity index (χ2v) is 38.3.